The van der Waals surface area contributed by atoms with Crippen LogP contribution in [0.4, 0.5) is 0 Å². The van der Waals surface area contributed by atoms with E-state index in [1.54, 1.807) is 0 Å². The largest absolute Gasteiger partial charge is 1.00 e. The fourth-order valence-electron chi connectivity index (χ4n) is 4.57. The van der Waals surface area contributed by atoms with Gasteiger partial charge in [0.15, 0.2) is 0 Å². The summed E-state index contributed by atoms with van der Waals surface area (Å²) in [7, 11) is 0. The Labute approximate surface area is 247 Å². The van der Waals surface area contributed by atoms with E-state index in [0.29, 0.717) is 0 Å². The standard InChI is InChI=1S/C29H59N3O3.Na.H/c1-3-5-7-9-11-13-15-17-19-21-25-32(31-27(29(34)35)23-24-28(30)33)26-22-20-18-16-14-12-10-8-6-4-2;;/h27,31H,3-26H2,1-2H3,(H2,30,33)(H,34,35);;/q;+1;-1. The van der Waals surface area contributed by atoms with Gasteiger partial charge in [0.25, 0.3) is 0 Å². The molecule has 7 heteroatoms. The Balaban J connectivity index is -0.00000578. The molecule has 1 unspecified atom stereocenters. The molecule has 0 heterocycles. The normalized spacial score (nSPS) is 12.0. The number of nitrogens with one attached hydrogen (secondary N) is 1. The molecule has 0 fully saturated rings. The molecule has 0 aromatic carbocycles. The fourth-order valence-corrected chi connectivity index (χ4v) is 4.57. The van der Waals surface area contributed by atoms with Gasteiger partial charge in [-0.15, -0.1) is 0 Å². The van der Waals surface area contributed by atoms with Crippen molar-refractivity contribution in [3.05, 3.63) is 0 Å². The molecule has 1 amide bonds. The third-order valence-corrected chi connectivity index (χ3v) is 6.88. The first-order chi connectivity index (χ1) is 17.0. The maximum Gasteiger partial charge on any atom is 1.00 e. The zero-order valence-electron chi connectivity index (χ0n) is 25.3. The van der Waals surface area contributed by atoms with Gasteiger partial charge in [0.05, 0.1) is 0 Å². The number of aliphatic carboxylic acids is 1. The van der Waals surface area contributed by atoms with E-state index in [4.69, 9.17) is 5.73 Å². The van der Waals surface area contributed by atoms with E-state index < -0.39 is 17.9 Å². The van der Waals surface area contributed by atoms with Crippen LogP contribution < -0.4 is 40.7 Å². The van der Waals surface area contributed by atoms with Crippen molar-refractivity contribution in [3.8, 4) is 0 Å². The van der Waals surface area contributed by atoms with Crippen LogP contribution in [0, 0.1) is 0 Å². The molecule has 36 heavy (non-hydrogen) atoms. The van der Waals surface area contributed by atoms with Gasteiger partial charge in [0.2, 0.25) is 5.91 Å². The van der Waals surface area contributed by atoms with Crippen molar-refractivity contribution in [3.63, 3.8) is 0 Å². The van der Waals surface area contributed by atoms with Crippen LogP contribution in [-0.4, -0.2) is 41.1 Å². The molecular formula is C29H60N3NaO3. The van der Waals surface area contributed by atoms with Crippen molar-refractivity contribution in [2.75, 3.05) is 13.1 Å². The SMILES string of the molecule is CCCCCCCCCCCCN(CCCCCCCCCCCC)NC(CCC(N)=O)C(=O)O.[H-].[Na+]. The summed E-state index contributed by atoms with van der Waals surface area (Å²) in [6.07, 6.45) is 26.1. The van der Waals surface area contributed by atoms with Crippen molar-refractivity contribution < 1.29 is 45.7 Å². The summed E-state index contributed by atoms with van der Waals surface area (Å²) in [5.74, 6) is -1.36. The molecule has 210 valence electrons. The minimum absolute atomic E-state index is 0. The Kier molecular flexibility index (Phi) is 31.1. The number of hydrazine groups is 1. The molecule has 0 aromatic rings. The average molecular weight is 522 g/mol. The van der Waals surface area contributed by atoms with E-state index in [9.17, 15) is 14.7 Å². The quantitative estimate of drug-likeness (QED) is 0.0802. The number of carbonyl (C=O) groups is 2. The van der Waals surface area contributed by atoms with Crippen LogP contribution in [0.25, 0.3) is 0 Å². The summed E-state index contributed by atoms with van der Waals surface area (Å²) < 4.78 is 0. The Morgan fingerprint density at radius 1 is 0.694 bits per heavy atom. The fraction of sp³-hybridized carbons (Fsp3) is 0.931. The van der Waals surface area contributed by atoms with Gasteiger partial charge in [-0.25, -0.2) is 10.4 Å². The topological polar surface area (TPSA) is 95.7 Å². The van der Waals surface area contributed by atoms with E-state index in [1.165, 1.54) is 116 Å². The van der Waals surface area contributed by atoms with Crippen LogP contribution in [0.2, 0.25) is 0 Å². The van der Waals surface area contributed by atoms with Crippen molar-refractivity contribution in [2.24, 2.45) is 5.73 Å². The Morgan fingerprint density at radius 3 is 1.33 bits per heavy atom. The molecule has 1 atom stereocenters. The molecule has 0 saturated heterocycles. The van der Waals surface area contributed by atoms with Crippen LogP contribution in [0.5, 0.6) is 0 Å². The van der Waals surface area contributed by atoms with Gasteiger partial charge in [-0.2, -0.15) is 0 Å². The van der Waals surface area contributed by atoms with Gasteiger partial charge in [-0.1, -0.05) is 129 Å². The third kappa shape index (κ3) is 26.9. The van der Waals surface area contributed by atoms with Crippen molar-refractivity contribution in [1.29, 1.82) is 0 Å². The number of unbranched alkanes of at least 4 members (excludes halogenated alkanes) is 18. The van der Waals surface area contributed by atoms with Crippen LogP contribution >= 0.6 is 0 Å². The van der Waals surface area contributed by atoms with Gasteiger partial charge >= 0.3 is 35.5 Å². The average Bonchev–Trinajstić information content (AvgIpc) is 2.83. The number of hydrogen-bond acceptors (Lipinski definition) is 4. The van der Waals surface area contributed by atoms with E-state index in [2.05, 4.69) is 24.3 Å². The second-order valence-electron chi connectivity index (χ2n) is 10.4. The molecule has 0 rings (SSSR count). The van der Waals surface area contributed by atoms with Gasteiger partial charge in [0.1, 0.15) is 6.04 Å². The molecule has 0 aliphatic heterocycles. The van der Waals surface area contributed by atoms with E-state index in [1.807, 2.05) is 0 Å². The van der Waals surface area contributed by atoms with E-state index in [-0.39, 0.29) is 43.8 Å². The first kappa shape index (κ1) is 38.0. The van der Waals surface area contributed by atoms with Crippen molar-refractivity contribution in [2.45, 2.75) is 161 Å². The molecule has 0 aliphatic rings. The number of carbonyl (C=O) groups excluding carboxylic acids is 1. The molecule has 0 saturated carbocycles. The van der Waals surface area contributed by atoms with Crippen LogP contribution in [0.3, 0.4) is 0 Å². The summed E-state index contributed by atoms with van der Waals surface area (Å²) in [5.41, 5.74) is 8.44. The molecular weight excluding hydrogens is 461 g/mol. The first-order valence-electron chi connectivity index (χ1n) is 15.0. The van der Waals surface area contributed by atoms with Crippen molar-refractivity contribution in [1.82, 2.24) is 10.4 Å². The molecule has 0 radical (unpaired) electrons. The summed E-state index contributed by atoms with van der Waals surface area (Å²) >= 11 is 0. The monoisotopic (exact) mass is 521 g/mol. The number of primary amides is 1. The minimum Gasteiger partial charge on any atom is -1.00 e. The minimum atomic E-state index is -0.914. The first-order valence-corrected chi connectivity index (χ1v) is 15.0. The van der Waals surface area contributed by atoms with Crippen LogP contribution in [0.15, 0.2) is 0 Å². The molecule has 4 N–H and O–H groups in total. The molecule has 0 bridgehead atoms. The van der Waals surface area contributed by atoms with Crippen molar-refractivity contribution >= 4 is 11.9 Å². The number of nitrogens with two attached hydrogens (primary N) is 1. The zero-order valence-corrected chi connectivity index (χ0v) is 26.3. The molecule has 6 nitrogen and oxygen atoms in total. The Hall–Kier alpha value is -0.140. The number of carboxylic acids is 1. The molecule has 0 spiro atoms. The Morgan fingerprint density at radius 2 is 1.03 bits per heavy atom. The predicted molar refractivity (Wildman–Crippen MR) is 149 cm³/mol. The summed E-state index contributed by atoms with van der Waals surface area (Å²) in [6, 6.07) is -0.756. The molecule has 0 aromatic heterocycles. The van der Waals surface area contributed by atoms with Gasteiger partial charge in [-0.3, -0.25) is 9.59 Å². The maximum atomic E-state index is 11.7. The number of rotatable bonds is 28. The van der Waals surface area contributed by atoms with Crippen LogP contribution in [0.1, 0.15) is 157 Å². The summed E-state index contributed by atoms with van der Waals surface area (Å²) in [5, 5.41) is 11.7. The van der Waals surface area contributed by atoms with Gasteiger partial charge in [0, 0.05) is 19.5 Å². The van der Waals surface area contributed by atoms with E-state index in [0.717, 1.165) is 25.9 Å². The Bertz CT molecular complexity index is 477. The second-order valence-corrected chi connectivity index (χ2v) is 10.4. The second kappa shape index (κ2) is 29.4. The maximum absolute atomic E-state index is 11.7. The number of amides is 1. The van der Waals surface area contributed by atoms with Crippen LogP contribution in [-0.2, 0) is 9.59 Å². The number of hydrogen-bond donors (Lipinski definition) is 3. The summed E-state index contributed by atoms with van der Waals surface area (Å²) in [4.78, 5) is 22.8. The summed E-state index contributed by atoms with van der Waals surface area (Å²) in [6.45, 7) is 6.22. The smallest absolute Gasteiger partial charge is 1.00 e. The zero-order chi connectivity index (χ0) is 26.0. The number of carboxylic acid groups (broad SMARTS) is 1. The third-order valence-electron chi connectivity index (χ3n) is 6.88. The number of nitrogens with zero attached hydrogens (tertiary/aromatic N) is 1. The van der Waals surface area contributed by atoms with Gasteiger partial charge < -0.3 is 12.3 Å². The predicted octanol–water partition coefficient (Wildman–Crippen LogP) is 4.47. The van der Waals surface area contributed by atoms with Gasteiger partial charge in [-0.05, 0) is 19.3 Å². The van der Waals surface area contributed by atoms with E-state index >= 15 is 0 Å². The molecule has 0 aliphatic carbocycles.